The zero-order valence-electron chi connectivity index (χ0n) is 11.0. The molecule has 100 valence electrons. The van der Waals surface area contributed by atoms with Crippen molar-refractivity contribution in [2.45, 2.75) is 27.2 Å². The van der Waals surface area contributed by atoms with Crippen LogP contribution in [0.5, 0.6) is 0 Å². The van der Waals surface area contributed by atoms with Crippen molar-refractivity contribution >= 4 is 52.9 Å². The Kier molecular flexibility index (Phi) is 7.88. The van der Waals surface area contributed by atoms with Crippen molar-refractivity contribution in [3.05, 3.63) is 0 Å². The molecule has 0 aliphatic carbocycles. The molecule has 0 aromatic heterocycles. The maximum Gasteiger partial charge on any atom is 0.319 e. The molecule has 17 heavy (non-hydrogen) atoms. The van der Waals surface area contributed by atoms with Crippen LogP contribution >= 0.6 is 42.5 Å². The van der Waals surface area contributed by atoms with Crippen LogP contribution in [0.3, 0.4) is 0 Å². The first-order valence-electron chi connectivity index (χ1n) is 5.47. The average molecular weight is 312 g/mol. The molecule has 0 saturated carbocycles. The van der Waals surface area contributed by atoms with Gasteiger partial charge in [-0.2, -0.15) is 0 Å². The molecule has 0 aromatic rings. The fraction of sp³-hybridized carbons (Fsp3) is 0.800. The topological polar surface area (TPSA) is 23.6 Å². The van der Waals surface area contributed by atoms with Gasteiger partial charge in [0.2, 0.25) is 0 Å². The molecule has 3 nitrogen and oxygen atoms in total. The van der Waals surface area contributed by atoms with Crippen molar-refractivity contribution in [2.75, 3.05) is 19.8 Å². The fourth-order valence-corrected chi connectivity index (χ4v) is 6.88. The fourth-order valence-electron chi connectivity index (χ4n) is 0.969. The molecule has 0 N–H and O–H groups in total. The number of hydrogen-bond acceptors (Lipinski definition) is 4. The molecule has 0 saturated heterocycles. The third-order valence-electron chi connectivity index (χ3n) is 2.61. The van der Waals surface area contributed by atoms with Gasteiger partial charge in [0.05, 0.1) is 10.5 Å². The third kappa shape index (κ3) is 4.86. The zero-order chi connectivity index (χ0) is 13.6. The Bertz CT molecular complexity index is 325. The van der Waals surface area contributed by atoms with Crippen LogP contribution in [0.15, 0.2) is 0 Å². The number of rotatable bonds is 7. The summed E-state index contributed by atoms with van der Waals surface area (Å²) < 4.78 is 16.2. The van der Waals surface area contributed by atoms with Crippen molar-refractivity contribution in [1.82, 2.24) is 9.34 Å². The molecule has 0 aromatic carbocycles. The van der Waals surface area contributed by atoms with E-state index >= 15 is 0 Å². The number of thiocarbonyl (C=S) groups is 2. The molecule has 0 heterocycles. The smallest absolute Gasteiger partial charge is 0.298 e. The molecular weight excluding hydrogens is 291 g/mol. The van der Waals surface area contributed by atoms with Gasteiger partial charge in [0.15, 0.2) is 0 Å². The number of nitrogens with zero attached hydrogens (tertiary/aromatic N) is 2. The van der Waals surface area contributed by atoms with Gasteiger partial charge >= 0.3 is 6.65 Å². The highest BCUT2D eigenvalue weighted by molar-refractivity contribution is 8.56. The molecular formula is C10H21N2OPS3. The minimum absolute atomic E-state index is 0.533. The summed E-state index contributed by atoms with van der Waals surface area (Å²) in [4.78, 5) is 0.619. The van der Waals surface area contributed by atoms with Crippen molar-refractivity contribution < 1.29 is 4.57 Å². The van der Waals surface area contributed by atoms with Gasteiger partial charge in [-0.15, -0.1) is 0 Å². The largest absolute Gasteiger partial charge is 0.319 e. The molecule has 0 aliphatic rings. The van der Waals surface area contributed by atoms with Crippen molar-refractivity contribution in [3.8, 4) is 0 Å². The average Bonchev–Trinajstić information content (AvgIpc) is 2.32. The number of hydrogen-bond donors (Lipinski definition) is 0. The highest BCUT2D eigenvalue weighted by Crippen LogP contribution is 2.63. The van der Waals surface area contributed by atoms with Crippen molar-refractivity contribution in [1.29, 1.82) is 0 Å². The Labute approximate surface area is 120 Å². The summed E-state index contributed by atoms with van der Waals surface area (Å²) in [6.07, 6.45) is 1.08. The van der Waals surface area contributed by atoms with E-state index in [1.165, 1.54) is 16.9 Å². The second-order valence-electron chi connectivity index (χ2n) is 4.02. The lowest BCUT2D eigenvalue weighted by atomic mass is 10.2. The van der Waals surface area contributed by atoms with Crippen LogP contribution in [0.25, 0.3) is 0 Å². The van der Waals surface area contributed by atoms with Gasteiger partial charge in [-0.1, -0.05) is 56.1 Å². The second kappa shape index (κ2) is 7.72. The van der Waals surface area contributed by atoms with Gasteiger partial charge in [0, 0.05) is 19.8 Å². The van der Waals surface area contributed by atoms with E-state index in [4.69, 9.17) is 24.4 Å². The molecule has 2 atom stereocenters. The predicted octanol–water partition coefficient (Wildman–Crippen LogP) is 4.04. The van der Waals surface area contributed by atoms with Gasteiger partial charge in [-0.25, -0.2) is 0 Å². The van der Waals surface area contributed by atoms with E-state index in [1.54, 1.807) is 30.4 Å². The normalized spacial score (nSPS) is 15.8. The summed E-state index contributed by atoms with van der Waals surface area (Å²) in [5, 5.41) is 0. The third-order valence-corrected chi connectivity index (χ3v) is 9.48. The summed E-state index contributed by atoms with van der Waals surface area (Å²) in [6, 6.07) is 0. The van der Waals surface area contributed by atoms with E-state index < -0.39 is 6.65 Å². The molecule has 0 aliphatic heterocycles. The summed E-state index contributed by atoms with van der Waals surface area (Å²) >= 11 is 11.4. The lowest BCUT2D eigenvalue weighted by Crippen LogP contribution is -2.26. The minimum Gasteiger partial charge on any atom is -0.298 e. The maximum atomic E-state index is 12.9. The Morgan fingerprint density at radius 2 is 2.06 bits per heavy atom. The van der Waals surface area contributed by atoms with Crippen LogP contribution in [0, 0.1) is 5.92 Å². The Hall–Kier alpha value is 0.360. The van der Waals surface area contributed by atoms with Crippen molar-refractivity contribution in [2.24, 2.45) is 5.92 Å². The van der Waals surface area contributed by atoms with Crippen LogP contribution in [-0.2, 0) is 4.57 Å². The molecule has 0 spiro atoms. The first-order valence-corrected chi connectivity index (χ1v) is 9.55. The van der Waals surface area contributed by atoms with Crippen molar-refractivity contribution in [3.63, 3.8) is 0 Å². The van der Waals surface area contributed by atoms with E-state index in [0.29, 0.717) is 10.9 Å². The van der Waals surface area contributed by atoms with Crippen LogP contribution in [0.2, 0.25) is 0 Å². The monoisotopic (exact) mass is 312 g/mol. The van der Waals surface area contributed by atoms with Gasteiger partial charge < -0.3 is 0 Å². The molecule has 0 radical (unpaired) electrons. The van der Waals surface area contributed by atoms with Gasteiger partial charge in [-0.05, 0) is 12.8 Å². The predicted molar refractivity (Wildman–Crippen MR) is 87.0 cm³/mol. The quantitative estimate of drug-likeness (QED) is 0.519. The Morgan fingerprint density at radius 3 is 2.41 bits per heavy atom. The van der Waals surface area contributed by atoms with Gasteiger partial charge in [0.25, 0.3) is 0 Å². The Morgan fingerprint density at radius 1 is 1.53 bits per heavy atom. The lowest BCUT2D eigenvalue weighted by Gasteiger charge is -2.34. The van der Waals surface area contributed by atoms with Gasteiger partial charge in [0.1, 0.15) is 0 Å². The molecule has 2 unspecified atom stereocenters. The van der Waals surface area contributed by atoms with E-state index in [-0.39, 0.29) is 0 Å². The highest BCUT2D eigenvalue weighted by atomic mass is 32.7. The molecule has 0 bridgehead atoms. The molecule has 0 rings (SSSR count). The van der Waals surface area contributed by atoms with E-state index in [9.17, 15) is 4.57 Å². The molecule has 0 amide bonds. The van der Waals surface area contributed by atoms with E-state index in [0.717, 1.165) is 12.2 Å². The standard InChI is InChI=1S/C10H21N2OPS3/c1-6-9(2)7-17-14(13,11(4)8-15)12(5)10(3)16/h8-9H,6-7H2,1-5H3. The first-order chi connectivity index (χ1) is 7.79. The highest BCUT2D eigenvalue weighted by Gasteiger charge is 2.33. The second-order valence-corrected chi connectivity index (χ2v) is 9.83. The van der Waals surface area contributed by atoms with Gasteiger partial charge in [-0.3, -0.25) is 13.9 Å². The lowest BCUT2D eigenvalue weighted by molar-refractivity contribution is 0.523. The summed E-state index contributed by atoms with van der Waals surface area (Å²) in [7, 11) is 3.51. The Balaban J connectivity index is 4.92. The summed E-state index contributed by atoms with van der Waals surface area (Å²) in [6.45, 7) is 3.32. The molecule has 7 heteroatoms. The van der Waals surface area contributed by atoms with Crippen LogP contribution in [0.1, 0.15) is 27.2 Å². The van der Waals surface area contributed by atoms with E-state index in [1.807, 2.05) is 0 Å². The molecule has 0 fully saturated rings. The van der Waals surface area contributed by atoms with Crippen LogP contribution in [-0.4, -0.2) is 39.7 Å². The zero-order valence-corrected chi connectivity index (χ0v) is 14.4. The minimum atomic E-state index is -2.74. The van der Waals surface area contributed by atoms with Crippen LogP contribution < -0.4 is 0 Å². The maximum absolute atomic E-state index is 12.9. The summed E-state index contributed by atoms with van der Waals surface area (Å²) in [5.41, 5.74) is 1.43. The SMILES string of the molecule is CCC(C)CSP(=O)(N(C)C=S)N(C)C(C)=S. The first kappa shape index (κ1) is 17.4. The van der Waals surface area contributed by atoms with E-state index in [2.05, 4.69) is 13.8 Å². The van der Waals surface area contributed by atoms with Crippen LogP contribution in [0.4, 0.5) is 0 Å². The summed E-state index contributed by atoms with van der Waals surface area (Å²) in [5.74, 6) is 1.37.